The van der Waals surface area contributed by atoms with Crippen molar-refractivity contribution in [2.45, 2.75) is 39.3 Å². The van der Waals surface area contributed by atoms with Gasteiger partial charge < -0.3 is 20.5 Å². The van der Waals surface area contributed by atoms with Crippen LogP contribution in [-0.2, 0) is 4.79 Å². The summed E-state index contributed by atoms with van der Waals surface area (Å²) >= 11 is 0. The zero-order valence-electron chi connectivity index (χ0n) is 16.0. The number of hydrogen-bond donors (Lipinski definition) is 4. The highest BCUT2D eigenvalue weighted by Gasteiger charge is 2.15. The van der Waals surface area contributed by atoms with Crippen molar-refractivity contribution in [2.75, 3.05) is 18.5 Å². The molecule has 0 saturated carbocycles. The van der Waals surface area contributed by atoms with Crippen molar-refractivity contribution < 1.29 is 14.6 Å². The normalized spacial score (nSPS) is 12.5. The Labute approximate surface area is 158 Å². The lowest BCUT2D eigenvalue weighted by Gasteiger charge is -2.23. The monoisotopic (exact) mass is 374 g/mol. The summed E-state index contributed by atoms with van der Waals surface area (Å²) < 4.78 is 5.77. The first kappa shape index (κ1) is 20.6. The lowest BCUT2D eigenvalue weighted by atomic mass is 10.1. The number of aromatic nitrogens is 2. The standard InChI is InChI=1S/C19H26N4O4/c1-12(24)21-13-5-7-17(27-11-14(25)10-20-19(2,3)4)15(9-13)16-6-8-18(26)23-22-16/h5-9,14,20,25H,10-11H2,1-4H3,(H,21,24)(H,23,26). The van der Waals surface area contributed by atoms with Crippen molar-refractivity contribution in [1.82, 2.24) is 15.5 Å². The van der Waals surface area contributed by atoms with E-state index in [2.05, 4.69) is 20.8 Å². The van der Waals surface area contributed by atoms with Crippen molar-refractivity contribution in [3.8, 4) is 17.0 Å². The van der Waals surface area contributed by atoms with Gasteiger partial charge in [-0.1, -0.05) is 0 Å². The number of hydrogen-bond acceptors (Lipinski definition) is 6. The molecule has 0 aliphatic heterocycles. The average Bonchev–Trinajstić information content (AvgIpc) is 2.58. The lowest BCUT2D eigenvalue weighted by Crippen LogP contribution is -2.42. The molecule has 1 atom stereocenters. The molecule has 0 aliphatic carbocycles. The SMILES string of the molecule is CC(=O)Nc1ccc(OCC(O)CNC(C)(C)C)c(-c2ccc(=O)[nH]n2)c1. The average molecular weight is 374 g/mol. The van der Waals surface area contributed by atoms with E-state index in [0.29, 0.717) is 29.2 Å². The van der Waals surface area contributed by atoms with E-state index in [0.717, 1.165) is 0 Å². The van der Waals surface area contributed by atoms with E-state index >= 15 is 0 Å². The molecule has 1 unspecified atom stereocenters. The van der Waals surface area contributed by atoms with Gasteiger partial charge in [-0.25, -0.2) is 5.10 Å². The maximum Gasteiger partial charge on any atom is 0.264 e. The van der Waals surface area contributed by atoms with Gasteiger partial charge in [0.1, 0.15) is 18.5 Å². The minimum absolute atomic E-state index is 0.0823. The maximum atomic E-state index is 11.3. The Balaban J connectivity index is 2.20. The van der Waals surface area contributed by atoms with Gasteiger partial charge in [0.05, 0.1) is 5.69 Å². The molecule has 4 N–H and O–H groups in total. The van der Waals surface area contributed by atoms with Crippen LogP contribution in [-0.4, -0.2) is 46.0 Å². The Morgan fingerprint density at radius 2 is 2.04 bits per heavy atom. The molecule has 0 radical (unpaired) electrons. The van der Waals surface area contributed by atoms with E-state index in [4.69, 9.17) is 4.74 Å². The van der Waals surface area contributed by atoms with Crippen molar-refractivity contribution >= 4 is 11.6 Å². The molecule has 2 rings (SSSR count). The topological polar surface area (TPSA) is 116 Å². The number of nitrogens with zero attached hydrogens (tertiary/aromatic N) is 1. The van der Waals surface area contributed by atoms with E-state index in [1.807, 2.05) is 20.8 Å². The van der Waals surface area contributed by atoms with E-state index in [9.17, 15) is 14.7 Å². The fraction of sp³-hybridized carbons (Fsp3) is 0.421. The van der Waals surface area contributed by atoms with Gasteiger partial charge in [0.2, 0.25) is 5.91 Å². The van der Waals surface area contributed by atoms with Crippen LogP contribution in [0.4, 0.5) is 5.69 Å². The molecule has 0 saturated heterocycles. The molecule has 2 aromatic rings. The van der Waals surface area contributed by atoms with E-state index in [1.165, 1.54) is 13.0 Å². The van der Waals surface area contributed by atoms with Crippen molar-refractivity contribution in [1.29, 1.82) is 0 Å². The number of aliphatic hydroxyl groups excluding tert-OH is 1. The minimum atomic E-state index is -0.698. The molecule has 0 aliphatic rings. The van der Waals surface area contributed by atoms with Gasteiger partial charge >= 0.3 is 0 Å². The Morgan fingerprint density at radius 1 is 1.30 bits per heavy atom. The summed E-state index contributed by atoms with van der Waals surface area (Å²) in [5.41, 5.74) is 1.23. The van der Waals surface area contributed by atoms with Crippen LogP contribution in [0.3, 0.4) is 0 Å². The number of rotatable bonds is 7. The Kier molecular flexibility index (Phi) is 6.70. The highest BCUT2D eigenvalue weighted by molar-refractivity contribution is 5.90. The van der Waals surface area contributed by atoms with Gasteiger partial charge in [-0.15, -0.1) is 0 Å². The van der Waals surface area contributed by atoms with Gasteiger partial charge in [-0.2, -0.15) is 5.10 Å². The summed E-state index contributed by atoms with van der Waals surface area (Å²) in [4.78, 5) is 22.6. The van der Waals surface area contributed by atoms with Crippen molar-refractivity contribution in [3.63, 3.8) is 0 Å². The molecule has 1 amide bonds. The molecule has 0 spiro atoms. The van der Waals surface area contributed by atoms with E-state index in [-0.39, 0.29) is 23.6 Å². The number of amides is 1. The number of aliphatic hydroxyl groups is 1. The second-order valence-electron chi connectivity index (χ2n) is 7.29. The van der Waals surface area contributed by atoms with Crippen LogP contribution in [0.1, 0.15) is 27.7 Å². The molecule has 27 heavy (non-hydrogen) atoms. The quantitative estimate of drug-likeness (QED) is 0.584. The van der Waals surface area contributed by atoms with Crippen LogP contribution in [0.15, 0.2) is 35.1 Å². The molecule has 8 heteroatoms. The summed E-state index contributed by atoms with van der Waals surface area (Å²) in [5, 5.41) is 22.5. The lowest BCUT2D eigenvalue weighted by molar-refractivity contribution is -0.114. The third kappa shape index (κ3) is 6.84. The van der Waals surface area contributed by atoms with Gasteiger partial charge in [0.25, 0.3) is 5.56 Å². The third-order valence-corrected chi connectivity index (χ3v) is 3.55. The van der Waals surface area contributed by atoms with Crippen LogP contribution >= 0.6 is 0 Å². The van der Waals surface area contributed by atoms with Gasteiger partial charge in [0.15, 0.2) is 0 Å². The fourth-order valence-electron chi connectivity index (χ4n) is 2.30. The van der Waals surface area contributed by atoms with Gasteiger partial charge in [-0.3, -0.25) is 9.59 Å². The summed E-state index contributed by atoms with van der Waals surface area (Å²) in [7, 11) is 0. The molecular formula is C19H26N4O4. The van der Waals surface area contributed by atoms with Crippen LogP contribution in [0.25, 0.3) is 11.3 Å². The molecule has 1 aromatic carbocycles. The molecule has 1 aromatic heterocycles. The van der Waals surface area contributed by atoms with Crippen LogP contribution in [0.2, 0.25) is 0 Å². The number of aromatic amines is 1. The summed E-state index contributed by atoms with van der Waals surface area (Å²) in [5.74, 6) is 0.284. The molecule has 1 heterocycles. The molecule has 0 bridgehead atoms. The molecule has 8 nitrogen and oxygen atoms in total. The number of carbonyl (C=O) groups excluding carboxylic acids is 1. The Morgan fingerprint density at radius 3 is 2.63 bits per heavy atom. The maximum absolute atomic E-state index is 11.3. The minimum Gasteiger partial charge on any atom is -0.490 e. The number of β-amino-alcohol motifs (C(OH)–C–C–N with tert-alkyl or cyclic N) is 1. The Bertz CT molecular complexity index is 822. The summed E-state index contributed by atoms with van der Waals surface area (Å²) in [6, 6.07) is 8.02. The second kappa shape index (κ2) is 8.79. The zero-order chi connectivity index (χ0) is 20.0. The van der Waals surface area contributed by atoms with Gasteiger partial charge in [-0.05, 0) is 45.0 Å². The number of anilines is 1. The molecule has 146 valence electrons. The zero-order valence-corrected chi connectivity index (χ0v) is 16.0. The number of carbonyl (C=O) groups is 1. The van der Waals surface area contributed by atoms with Crippen LogP contribution < -0.4 is 20.9 Å². The summed E-state index contributed by atoms with van der Waals surface area (Å²) in [6.07, 6.45) is -0.698. The van der Waals surface area contributed by atoms with E-state index in [1.54, 1.807) is 24.3 Å². The smallest absolute Gasteiger partial charge is 0.264 e. The fourth-order valence-corrected chi connectivity index (χ4v) is 2.30. The predicted octanol–water partition coefficient (Wildman–Crippen LogP) is 1.52. The largest absolute Gasteiger partial charge is 0.490 e. The number of benzene rings is 1. The molecular weight excluding hydrogens is 348 g/mol. The van der Waals surface area contributed by atoms with E-state index < -0.39 is 6.10 Å². The van der Waals surface area contributed by atoms with Crippen molar-refractivity contribution in [3.05, 3.63) is 40.7 Å². The highest BCUT2D eigenvalue weighted by atomic mass is 16.5. The first-order valence-corrected chi connectivity index (χ1v) is 8.68. The third-order valence-electron chi connectivity index (χ3n) is 3.55. The number of H-pyrrole nitrogens is 1. The summed E-state index contributed by atoms with van der Waals surface area (Å²) in [6.45, 7) is 7.93. The van der Waals surface area contributed by atoms with Crippen molar-refractivity contribution in [2.24, 2.45) is 0 Å². The predicted molar refractivity (Wildman–Crippen MR) is 104 cm³/mol. The first-order valence-electron chi connectivity index (χ1n) is 8.68. The molecule has 0 fully saturated rings. The van der Waals surface area contributed by atoms with Crippen LogP contribution in [0.5, 0.6) is 5.75 Å². The highest BCUT2D eigenvalue weighted by Crippen LogP contribution is 2.31. The second-order valence-corrected chi connectivity index (χ2v) is 7.29. The number of ether oxygens (including phenoxy) is 1. The number of nitrogens with one attached hydrogen (secondary N) is 3. The Hall–Kier alpha value is -2.71. The van der Waals surface area contributed by atoms with Gasteiger partial charge in [0, 0.05) is 36.3 Å². The van der Waals surface area contributed by atoms with Crippen LogP contribution in [0, 0.1) is 0 Å². The first-order chi connectivity index (χ1) is 12.6.